The molecule has 0 bridgehead atoms. The van der Waals surface area contributed by atoms with Crippen LogP contribution < -0.4 is 0 Å². The first kappa shape index (κ1) is 24.4. The number of hydrogen-bond acceptors (Lipinski definition) is 3. The molecule has 16 heavy (non-hydrogen) atoms. The number of cyclic esters (lactones) is 2. The molecule has 0 amide bonds. The fourth-order valence-electron chi connectivity index (χ4n) is 0.588. The SMILES string of the molecule is CC.CC.CC.CC.CC1CC(=O)OC1=O. The van der Waals surface area contributed by atoms with Crippen molar-refractivity contribution < 1.29 is 14.3 Å². The standard InChI is InChI=1S/C5H6O3.4C2H6/c1-3-2-4(6)8-5(3)7;4*1-2/h3H,2H2,1H3;4*1-2H3. The second kappa shape index (κ2) is 23.7. The van der Waals surface area contributed by atoms with Crippen LogP contribution in [0.3, 0.4) is 0 Å². The molecule has 1 aliphatic rings. The van der Waals surface area contributed by atoms with Crippen LogP contribution >= 0.6 is 0 Å². The van der Waals surface area contributed by atoms with E-state index in [1.165, 1.54) is 0 Å². The lowest BCUT2D eigenvalue weighted by atomic mass is 10.1. The van der Waals surface area contributed by atoms with Crippen molar-refractivity contribution in [1.29, 1.82) is 0 Å². The quantitative estimate of drug-likeness (QED) is 0.466. The van der Waals surface area contributed by atoms with E-state index in [1.807, 2.05) is 55.4 Å². The molecule has 0 saturated carbocycles. The highest BCUT2D eigenvalue weighted by Crippen LogP contribution is 2.13. The Hall–Kier alpha value is -0.860. The highest BCUT2D eigenvalue weighted by atomic mass is 16.6. The summed E-state index contributed by atoms with van der Waals surface area (Å²) < 4.78 is 4.20. The van der Waals surface area contributed by atoms with E-state index in [0.717, 1.165) is 0 Å². The molecule has 3 heteroatoms. The molecule has 1 atom stereocenters. The Bertz CT molecular complexity index is 142. The van der Waals surface area contributed by atoms with Crippen molar-refractivity contribution in [2.75, 3.05) is 0 Å². The minimum absolute atomic E-state index is 0.220. The van der Waals surface area contributed by atoms with Crippen LogP contribution in [-0.2, 0) is 14.3 Å². The Morgan fingerprint density at radius 3 is 1.25 bits per heavy atom. The fraction of sp³-hybridized carbons (Fsp3) is 0.846. The third-order valence-electron chi connectivity index (χ3n) is 1.09. The van der Waals surface area contributed by atoms with Gasteiger partial charge in [-0.15, -0.1) is 0 Å². The maximum atomic E-state index is 10.3. The van der Waals surface area contributed by atoms with E-state index in [1.54, 1.807) is 6.92 Å². The van der Waals surface area contributed by atoms with Crippen LogP contribution in [0.25, 0.3) is 0 Å². The number of esters is 2. The van der Waals surface area contributed by atoms with E-state index in [2.05, 4.69) is 4.74 Å². The van der Waals surface area contributed by atoms with Crippen LogP contribution in [0.2, 0.25) is 0 Å². The van der Waals surface area contributed by atoms with Gasteiger partial charge in [0.1, 0.15) is 0 Å². The second-order valence-corrected chi connectivity index (χ2v) is 1.90. The molecule has 0 spiro atoms. The number of rotatable bonds is 0. The zero-order valence-electron chi connectivity index (χ0n) is 12.5. The minimum atomic E-state index is -0.400. The zero-order chi connectivity index (χ0) is 14.1. The molecule has 0 aliphatic carbocycles. The van der Waals surface area contributed by atoms with Gasteiger partial charge >= 0.3 is 11.9 Å². The predicted octanol–water partition coefficient (Wildman–Crippen LogP) is 4.20. The zero-order valence-corrected chi connectivity index (χ0v) is 12.5. The Labute approximate surface area is 102 Å². The summed E-state index contributed by atoms with van der Waals surface area (Å²) >= 11 is 0. The summed E-state index contributed by atoms with van der Waals surface area (Å²) in [6.07, 6.45) is 0.249. The van der Waals surface area contributed by atoms with Gasteiger partial charge in [-0.05, 0) is 0 Å². The van der Waals surface area contributed by atoms with E-state index in [9.17, 15) is 9.59 Å². The molecule has 1 heterocycles. The summed E-state index contributed by atoms with van der Waals surface area (Å²) in [5.74, 6) is -1.01. The van der Waals surface area contributed by atoms with Crippen LogP contribution in [0.1, 0.15) is 68.7 Å². The maximum absolute atomic E-state index is 10.3. The van der Waals surface area contributed by atoms with E-state index in [0.29, 0.717) is 0 Å². The van der Waals surface area contributed by atoms with Crippen LogP contribution in [0.15, 0.2) is 0 Å². The first-order chi connectivity index (χ1) is 7.70. The van der Waals surface area contributed by atoms with Gasteiger partial charge in [-0.2, -0.15) is 0 Å². The van der Waals surface area contributed by atoms with Gasteiger partial charge < -0.3 is 4.74 Å². The number of ether oxygens (including phenoxy) is 1. The average molecular weight is 234 g/mol. The Kier molecular flexibility index (Phi) is 36.2. The van der Waals surface area contributed by atoms with Crippen molar-refractivity contribution in [3.63, 3.8) is 0 Å². The third-order valence-corrected chi connectivity index (χ3v) is 1.09. The van der Waals surface area contributed by atoms with E-state index in [4.69, 9.17) is 0 Å². The summed E-state index contributed by atoms with van der Waals surface area (Å²) in [4.78, 5) is 20.6. The first-order valence-corrected chi connectivity index (χ1v) is 6.44. The summed E-state index contributed by atoms with van der Waals surface area (Å²) in [6, 6.07) is 0. The molecule has 1 unspecified atom stereocenters. The van der Waals surface area contributed by atoms with Crippen molar-refractivity contribution in [3.8, 4) is 0 Å². The number of carbonyl (C=O) groups excluding carboxylic acids is 2. The van der Waals surface area contributed by atoms with Crippen LogP contribution in [0.4, 0.5) is 0 Å². The lowest BCUT2D eigenvalue weighted by molar-refractivity contribution is -0.152. The topological polar surface area (TPSA) is 43.4 Å². The van der Waals surface area contributed by atoms with Crippen molar-refractivity contribution in [2.45, 2.75) is 68.7 Å². The Morgan fingerprint density at radius 1 is 0.875 bits per heavy atom. The van der Waals surface area contributed by atoms with Gasteiger partial charge in [0.05, 0.1) is 12.3 Å². The molecule has 0 radical (unpaired) electrons. The molecular weight excluding hydrogens is 204 g/mol. The van der Waals surface area contributed by atoms with Gasteiger partial charge in [0.2, 0.25) is 0 Å². The molecule has 100 valence electrons. The summed E-state index contributed by atoms with van der Waals surface area (Å²) in [6.45, 7) is 17.7. The van der Waals surface area contributed by atoms with Crippen LogP contribution in [0.5, 0.6) is 0 Å². The molecule has 0 aromatic heterocycles. The average Bonchev–Trinajstić information content (AvgIpc) is 2.67. The van der Waals surface area contributed by atoms with E-state index in [-0.39, 0.29) is 12.3 Å². The third kappa shape index (κ3) is 15.6. The molecule has 0 aromatic carbocycles. The normalized spacial score (nSPS) is 15.7. The predicted molar refractivity (Wildman–Crippen MR) is 70.3 cm³/mol. The van der Waals surface area contributed by atoms with Gasteiger partial charge in [0.15, 0.2) is 0 Å². The summed E-state index contributed by atoms with van der Waals surface area (Å²) in [5, 5.41) is 0. The molecule has 1 rings (SSSR count). The smallest absolute Gasteiger partial charge is 0.316 e. The van der Waals surface area contributed by atoms with Gasteiger partial charge in [-0.3, -0.25) is 9.59 Å². The number of carbonyl (C=O) groups is 2. The molecule has 1 fully saturated rings. The van der Waals surface area contributed by atoms with E-state index >= 15 is 0 Å². The lowest BCUT2D eigenvalue weighted by Crippen LogP contribution is -2.01. The van der Waals surface area contributed by atoms with Crippen LogP contribution in [0, 0.1) is 5.92 Å². The van der Waals surface area contributed by atoms with E-state index < -0.39 is 11.9 Å². The monoisotopic (exact) mass is 234 g/mol. The first-order valence-electron chi connectivity index (χ1n) is 6.44. The molecule has 3 nitrogen and oxygen atoms in total. The van der Waals surface area contributed by atoms with Crippen molar-refractivity contribution >= 4 is 11.9 Å². The minimum Gasteiger partial charge on any atom is -0.393 e. The Balaban J connectivity index is -0.0000000771. The fourth-order valence-corrected chi connectivity index (χ4v) is 0.588. The molecular formula is C13H30O3. The van der Waals surface area contributed by atoms with Gasteiger partial charge in [0.25, 0.3) is 0 Å². The molecule has 0 aromatic rings. The molecule has 1 saturated heterocycles. The van der Waals surface area contributed by atoms with Gasteiger partial charge in [0, 0.05) is 0 Å². The van der Waals surface area contributed by atoms with Crippen molar-refractivity contribution in [3.05, 3.63) is 0 Å². The number of hydrogen-bond donors (Lipinski definition) is 0. The largest absolute Gasteiger partial charge is 0.393 e. The summed E-state index contributed by atoms with van der Waals surface area (Å²) in [5.41, 5.74) is 0. The Morgan fingerprint density at radius 2 is 1.19 bits per heavy atom. The van der Waals surface area contributed by atoms with Gasteiger partial charge in [-0.25, -0.2) is 0 Å². The lowest BCUT2D eigenvalue weighted by Gasteiger charge is -1.86. The highest BCUT2D eigenvalue weighted by Gasteiger charge is 2.28. The maximum Gasteiger partial charge on any atom is 0.316 e. The molecule has 0 N–H and O–H groups in total. The van der Waals surface area contributed by atoms with Crippen molar-refractivity contribution in [1.82, 2.24) is 0 Å². The summed E-state index contributed by atoms with van der Waals surface area (Å²) in [7, 11) is 0. The highest BCUT2D eigenvalue weighted by molar-refractivity contribution is 5.94. The molecule has 1 aliphatic heterocycles. The second-order valence-electron chi connectivity index (χ2n) is 1.90. The van der Waals surface area contributed by atoms with Gasteiger partial charge in [-0.1, -0.05) is 62.3 Å². The van der Waals surface area contributed by atoms with Crippen molar-refractivity contribution in [2.24, 2.45) is 5.92 Å². The van der Waals surface area contributed by atoms with Crippen LogP contribution in [-0.4, -0.2) is 11.9 Å².